The Kier molecular flexibility index (Phi) is 2.84. The second kappa shape index (κ2) is 4.28. The van der Waals surface area contributed by atoms with Gasteiger partial charge in [-0.3, -0.25) is 0 Å². The number of benzene rings is 2. The van der Waals surface area contributed by atoms with Crippen LogP contribution in [-0.2, 0) is 6.54 Å². The number of nitrogens with two attached hydrogens (primary N) is 1. The van der Waals surface area contributed by atoms with Gasteiger partial charge in [-0.2, -0.15) is 0 Å². The molecule has 2 aromatic carbocycles. The van der Waals surface area contributed by atoms with E-state index < -0.39 is 0 Å². The van der Waals surface area contributed by atoms with Gasteiger partial charge >= 0.3 is 0 Å². The van der Waals surface area contributed by atoms with Crippen LogP contribution in [0.3, 0.4) is 0 Å². The zero-order chi connectivity index (χ0) is 10.7. The molecule has 0 spiro atoms. The third-order valence-electron chi connectivity index (χ3n) is 2.61. The van der Waals surface area contributed by atoms with Crippen molar-refractivity contribution in [2.45, 2.75) is 13.5 Å². The minimum absolute atomic E-state index is 0.607. The summed E-state index contributed by atoms with van der Waals surface area (Å²) >= 11 is 0. The Morgan fingerprint density at radius 2 is 1.73 bits per heavy atom. The molecule has 0 aliphatic heterocycles. The van der Waals surface area contributed by atoms with E-state index in [4.69, 9.17) is 5.73 Å². The molecule has 0 amide bonds. The predicted molar refractivity (Wildman–Crippen MR) is 64.5 cm³/mol. The molecule has 0 aliphatic carbocycles. The Morgan fingerprint density at radius 3 is 2.33 bits per heavy atom. The lowest BCUT2D eigenvalue weighted by Gasteiger charge is -2.07. The second-order valence-corrected chi connectivity index (χ2v) is 3.72. The van der Waals surface area contributed by atoms with Crippen LogP contribution in [0.25, 0.3) is 11.1 Å². The van der Waals surface area contributed by atoms with Crippen LogP contribution in [-0.4, -0.2) is 0 Å². The molecule has 2 aromatic rings. The third kappa shape index (κ3) is 2.08. The molecule has 0 bridgehead atoms. The molecule has 76 valence electrons. The van der Waals surface area contributed by atoms with E-state index in [-0.39, 0.29) is 0 Å². The Labute approximate surface area is 90.6 Å². The van der Waals surface area contributed by atoms with E-state index in [1.54, 1.807) is 0 Å². The van der Waals surface area contributed by atoms with Crippen molar-refractivity contribution in [1.29, 1.82) is 0 Å². The van der Waals surface area contributed by atoms with Gasteiger partial charge in [0.15, 0.2) is 0 Å². The monoisotopic (exact) mass is 197 g/mol. The Hall–Kier alpha value is -1.60. The van der Waals surface area contributed by atoms with E-state index >= 15 is 0 Å². The lowest BCUT2D eigenvalue weighted by Crippen LogP contribution is -1.96. The van der Waals surface area contributed by atoms with Crippen molar-refractivity contribution in [1.82, 2.24) is 0 Å². The van der Waals surface area contributed by atoms with Gasteiger partial charge in [0.1, 0.15) is 0 Å². The van der Waals surface area contributed by atoms with Crippen LogP contribution in [0.4, 0.5) is 0 Å². The van der Waals surface area contributed by atoms with E-state index in [1.807, 2.05) is 6.07 Å². The number of hydrogen-bond acceptors (Lipinski definition) is 1. The van der Waals surface area contributed by atoms with Crippen molar-refractivity contribution in [2.75, 3.05) is 0 Å². The molecule has 0 aromatic heterocycles. The zero-order valence-corrected chi connectivity index (χ0v) is 8.90. The lowest BCUT2D eigenvalue weighted by molar-refractivity contribution is 1.07. The average Bonchev–Trinajstić information content (AvgIpc) is 2.30. The molecular weight excluding hydrogens is 182 g/mol. The van der Waals surface area contributed by atoms with Gasteiger partial charge in [0.25, 0.3) is 0 Å². The highest BCUT2D eigenvalue weighted by atomic mass is 14.5. The van der Waals surface area contributed by atoms with Crippen LogP contribution in [0.1, 0.15) is 11.1 Å². The molecular formula is C14H15N. The normalized spacial score (nSPS) is 10.3. The molecule has 1 nitrogen and oxygen atoms in total. The summed E-state index contributed by atoms with van der Waals surface area (Å²) in [5.74, 6) is 0. The largest absolute Gasteiger partial charge is 0.326 e. The van der Waals surface area contributed by atoms with Crippen LogP contribution < -0.4 is 5.73 Å². The number of rotatable bonds is 2. The standard InChI is InChI=1S/C14H15N/c1-11-9-12(10-15)7-8-14(11)13-5-3-2-4-6-13/h2-9H,10,15H2,1H3. The first-order valence-electron chi connectivity index (χ1n) is 5.16. The smallest absolute Gasteiger partial charge is 0.0178 e. The fourth-order valence-corrected chi connectivity index (χ4v) is 1.79. The summed E-state index contributed by atoms with van der Waals surface area (Å²) in [6, 6.07) is 16.8. The van der Waals surface area contributed by atoms with Gasteiger partial charge in [0, 0.05) is 6.54 Å². The minimum Gasteiger partial charge on any atom is -0.326 e. The lowest BCUT2D eigenvalue weighted by atomic mass is 9.98. The summed E-state index contributed by atoms with van der Waals surface area (Å²) < 4.78 is 0. The molecule has 0 unspecified atom stereocenters. The van der Waals surface area contributed by atoms with E-state index in [2.05, 4.69) is 49.4 Å². The maximum Gasteiger partial charge on any atom is 0.0178 e. The van der Waals surface area contributed by atoms with Gasteiger partial charge in [-0.15, -0.1) is 0 Å². The number of aryl methyl sites for hydroxylation is 1. The fraction of sp³-hybridized carbons (Fsp3) is 0.143. The first-order chi connectivity index (χ1) is 7.31. The Balaban J connectivity index is 2.46. The molecule has 0 heterocycles. The van der Waals surface area contributed by atoms with Crippen molar-refractivity contribution in [3.8, 4) is 11.1 Å². The highest BCUT2D eigenvalue weighted by molar-refractivity contribution is 5.67. The molecule has 1 heteroatoms. The van der Waals surface area contributed by atoms with Crippen molar-refractivity contribution in [3.05, 3.63) is 59.7 Å². The Morgan fingerprint density at radius 1 is 1.00 bits per heavy atom. The first-order valence-corrected chi connectivity index (χ1v) is 5.16. The highest BCUT2D eigenvalue weighted by Gasteiger charge is 2.01. The Bertz CT molecular complexity index is 446. The maximum atomic E-state index is 5.61. The van der Waals surface area contributed by atoms with Crippen molar-refractivity contribution < 1.29 is 0 Å². The van der Waals surface area contributed by atoms with Crippen molar-refractivity contribution in [3.63, 3.8) is 0 Å². The van der Waals surface area contributed by atoms with Crippen LogP contribution in [0.2, 0.25) is 0 Å². The van der Waals surface area contributed by atoms with Crippen LogP contribution in [0, 0.1) is 6.92 Å². The quantitative estimate of drug-likeness (QED) is 0.786. The topological polar surface area (TPSA) is 26.0 Å². The molecule has 0 saturated carbocycles. The molecule has 0 saturated heterocycles. The van der Waals surface area contributed by atoms with Gasteiger partial charge in [-0.1, -0.05) is 48.5 Å². The zero-order valence-electron chi connectivity index (χ0n) is 8.90. The van der Waals surface area contributed by atoms with Crippen LogP contribution in [0.5, 0.6) is 0 Å². The SMILES string of the molecule is Cc1cc(CN)ccc1-c1ccccc1. The average molecular weight is 197 g/mol. The van der Waals surface area contributed by atoms with Crippen LogP contribution in [0.15, 0.2) is 48.5 Å². The van der Waals surface area contributed by atoms with E-state index in [1.165, 1.54) is 22.3 Å². The molecule has 0 atom stereocenters. The highest BCUT2D eigenvalue weighted by Crippen LogP contribution is 2.23. The van der Waals surface area contributed by atoms with Crippen LogP contribution >= 0.6 is 0 Å². The van der Waals surface area contributed by atoms with E-state index in [9.17, 15) is 0 Å². The predicted octanol–water partition coefficient (Wildman–Crippen LogP) is 3.12. The summed E-state index contributed by atoms with van der Waals surface area (Å²) in [7, 11) is 0. The maximum absolute atomic E-state index is 5.61. The summed E-state index contributed by atoms with van der Waals surface area (Å²) in [4.78, 5) is 0. The fourth-order valence-electron chi connectivity index (χ4n) is 1.79. The summed E-state index contributed by atoms with van der Waals surface area (Å²) in [5.41, 5.74) is 10.6. The van der Waals surface area contributed by atoms with Gasteiger partial charge < -0.3 is 5.73 Å². The van der Waals surface area contributed by atoms with Gasteiger partial charge in [0.05, 0.1) is 0 Å². The van der Waals surface area contributed by atoms with E-state index in [0.29, 0.717) is 6.54 Å². The molecule has 15 heavy (non-hydrogen) atoms. The molecule has 2 N–H and O–H groups in total. The first kappa shape index (κ1) is 9.94. The molecule has 0 fully saturated rings. The second-order valence-electron chi connectivity index (χ2n) is 3.72. The van der Waals surface area contributed by atoms with Gasteiger partial charge in [-0.05, 0) is 29.2 Å². The minimum atomic E-state index is 0.607. The van der Waals surface area contributed by atoms with E-state index in [0.717, 1.165) is 0 Å². The molecule has 2 rings (SSSR count). The van der Waals surface area contributed by atoms with Gasteiger partial charge in [-0.25, -0.2) is 0 Å². The summed E-state index contributed by atoms with van der Waals surface area (Å²) in [6.07, 6.45) is 0. The molecule has 0 aliphatic rings. The van der Waals surface area contributed by atoms with Crippen molar-refractivity contribution >= 4 is 0 Å². The summed E-state index contributed by atoms with van der Waals surface area (Å²) in [5, 5.41) is 0. The van der Waals surface area contributed by atoms with Crippen molar-refractivity contribution in [2.24, 2.45) is 5.73 Å². The summed E-state index contributed by atoms with van der Waals surface area (Å²) in [6.45, 7) is 2.73. The third-order valence-corrected chi connectivity index (χ3v) is 2.61. The van der Waals surface area contributed by atoms with Gasteiger partial charge in [0.2, 0.25) is 0 Å². The molecule has 0 radical (unpaired) electrons. The number of hydrogen-bond donors (Lipinski definition) is 1.